The number of nitrogens with zero attached hydrogens (tertiary/aromatic N) is 7. The van der Waals surface area contributed by atoms with E-state index in [0.717, 1.165) is 75.9 Å². The third kappa shape index (κ3) is 8.02. The van der Waals surface area contributed by atoms with Crippen LogP contribution in [0.1, 0.15) is 67.2 Å². The van der Waals surface area contributed by atoms with Crippen molar-refractivity contribution in [3.63, 3.8) is 0 Å². The van der Waals surface area contributed by atoms with Gasteiger partial charge in [-0.25, -0.2) is 4.79 Å². The monoisotopic (exact) mass is 730 g/mol. The first-order valence-corrected chi connectivity index (χ1v) is 18.1. The van der Waals surface area contributed by atoms with Gasteiger partial charge in [-0.2, -0.15) is 23.1 Å². The molecule has 2 aromatic heterocycles. The maximum absolute atomic E-state index is 13.4. The first kappa shape index (κ1) is 36.0. The number of carbonyl (C=O) groups excluding carboxylic acids is 2. The van der Waals surface area contributed by atoms with Gasteiger partial charge in [-0.05, 0) is 86.5 Å². The number of fused-ring (bicyclic) bond motifs is 1. The Labute approximate surface area is 304 Å². The molecule has 4 aromatic rings. The largest absolute Gasteiger partial charge is 0.494 e. The fraction of sp³-hybridized carbons (Fsp3) is 0.447. The summed E-state index contributed by atoms with van der Waals surface area (Å²) in [5.74, 6) is 0.292. The van der Waals surface area contributed by atoms with Crippen LogP contribution in [0.2, 0.25) is 0 Å². The van der Waals surface area contributed by atoms with Crippen LogP contribution in [-0.2, 0) is 15.8 Å². The summed E-state index contributed by atoms with van der Waals surface area (Å²) < 4.78 is 48.9. The lowest BCUT2D eigenvalue weighted by molar-refractivity contribution is -0.138. The molecular weight excluding hydrogens is 689 g/mol. The van der Waals surface area contributed by atoms with Crippen molar-refractivity contribution in [2.45, 2.75) is 56.7 Å². The Hall–Kier alpha value is -5.36. The van der Waals surface area contributed by atoms with E-state index < -0.39 is 29.4 Å². The molecule has 3 fully saturated rings. The number of ether oxygens (including phenoxy) is 1. The van der Waals surface area contributed by atoms with E-state index in [9.17, 15) is 27.6 Å². The molecule has 0 radical (unpaired) electrons. The molecule has 12 nitrogen and oxygen atoms in total. The summed E-state index contributed by atoms with van der Waals surface area (Å²) in [7, 11) is 0. The number of amides is 2. The summed E-state index contributed by atoms with van der Waals surface area (Å²) >= 11 is 0. The zero-order valence-electron chi connectivity index (χ0n) is 29.2. The maximum atomic E-state index is 13.4. The maximum Gasteiger partial charge on any atom is 0.417 e. The van der Waals surface area contributed by atoms with Crippen molar-refractivity contribution in [3.8, 4) is 11.8 Å². The minimum atomic E-state index is -4.57. The fourth-order valence-electron chi connectivity index (χ4n) is 7.52. The molecule has 278 valence electrons. The molecule has 1 unspecified atom stereocenters. The summed E-state index contributed by atoms with van der Waals surface area (Å²) in [6, 6.07) is 16.7. The number of alkyl halides is 3. The quantitative estimate of drug-likeness (QED) is 0.182. The number of unbranched alkanes of at least 4 members (excludes halogenated alkanes) is 1. The predicted octanol–water partition coefficient (Wildman–Crippen LogP) is 4.73. The molecular formula is C38H41F3N8O4. The Morgan fingerprint density at radius 1 is 0.868 bits per heavy atom. The lowest BCUT2D eigenvalue weighted by Gasteiger charge is -2.36. The van der Waals surface area contributed by atoms with E-state index in [0.29, 0.717) is 36.9 Å². The van der Waals surface area contributed by atoms with Crippen LogP contribution in [-0.4, -0.2) is 83.3 Å². The summed E-state index contributed by atoms with van der Waals surface area (Å²) in [5, 5.41) is 15.8. The van der Waals surface area contributed by atoms with Crippen LogP contribution in [0.15, 0.2) is 65.6 Å². The highest BCUT2D eigenvalue weighted by Gasteiger charge is 2.35. The minimum Gasteiger partial charge on any atom is -0.494 e. The fourth-order valence-corrected chi connectivity index (χ4v) is 7.52. The number of nitriles is 1. The van der Waals surface area contributed by atoms with Gasteiger partial charge >= 0.3 is 11.9 Å². The van der Waals surface area contributed by atoms with Gasteiger partial charge in [0, 0.05) is 69.3 Å². The molecule has 53 heavy (non-hydrogen) atoms. The molecule has 15 heteroatoms. The number of benzene rings is 2. The van der Waals surface area contributed by atoms with Gasteiger partial charge in [0.15, 0.2) is 5.65 Å². The van der Waals surface area contributed by atoms with Crippen LogP contribution >= 0.6 is 0 Å². The molecule has 0 aliphatic carbocycles. The molecule has 2 aromatic carbocycles. The Morgan fingerprint density at radius 3 is 2.28 bits per heavy atom. The highest BCUT2D eigenvalue weighted by molar-refractivity contribution is 5.99. The van der Waals surface area contributed by atoms with Crippen LogP contribution in [0.5, 0.6) is 5.75 Å². The zero-order chi connectivity index (χ0) is 37.1. The van der Waals surface area contributed by atoms with Crippen molar-refractivity contribution in [1.29, 1.82) is 5.26 Å². The number of hydrogen-bond donors (Lipinski definition) is 1. The van der Waals surface area contributed by atoms with Gasteiger partial charge < -0.3 is 14.5 Å². The Bertz CT molecular complexity index is 2060. The molecule has 0 saturated carbocycles. The van der Waals surface area contributed by atoms with E-state index in [4.69, 9.17) is 10.00 Å². The highest BCUT2D eigenvalue weighted by Crippen LogP contribution is 2.37. The average molecular weight is 731 g/mol. The smallest absolute Gasteiger partial charge is 0.417 e. The number of carbonyl (C=O) groups is 2. The van der Waals surface area contributed by atoms with E-state index in [2.05, 4.69) is 32.3 Å². The third-order valence-electron chi connectivity index (χ3n) is 10.6. The van der Waals surface area contributed by atoms with Gasteiger partial charge in [-0.15, -0.1) is 5.10 Å². The van der Waals surface area contributed by atoms with Crippen LogP contribution < -0.4 is 25.5 Å². The summed E-state index contributed by atoms with van der Waals surface area (Å²) in [6.07, 6.45) is 1.12. The first-order valence-electron chi connectivity index (χ1n) is 18.1. The highest BCUT2D eigenvalue weighted by atomic mass is 19.4. The molecule has 1 atom stereocenters. The number of piperidine rings is 2. The number of hydrogen-bond acceptors (Lipinski definition) is 9. The van der Waals surface area contributed by atoms with E-state index in [1.54, 1.807) is 18.3 Å². The number of nitrogens with one attached hydrogen (secondary N) is 1. The predicted molar refractivity (Wildman–Crippen MR) is 191 cm³/mol. The van der Waals surface area contributed by atoms with Crippen LogP contribution in [0.25, 0.3) is 5.65 Å². The normalized spacial score (nSPS) is 19.0. The number of piperazine rings is 1. The van der Waals surface area contributed by atoms with Gasteiger partial charge in [0.2, 0.25) is 5.91 Å². The molecule has 3 aliphatic rings. The number of rotatable bonds is 10. The van der Waals surface area contributed by atoms with E-state index >= 15 is 0 Å². The summed E-state index contributed by atoms with van der Waals surface area (Å²) in [4.78, 5) is 43.4. The number of pyridine rings is 1. The van der Waals surface area contributed by atoms with Crippen molar-refractivity contribution in [2.75, 3.05) is 62.2 Å². The molecule has 5 heterocycles. The number of aromatic nitrogens is 3. The SMILES string of the molecule is N#Cc1ccc(N2CCC(c3ccc(OCCCCN4CCN(c5ccn6c(=O)n(C7CCC(=O)NC7=O)nc6c5)CC4)cc3)CC2)cc1C(F)(F)F. The average Bonchev–Trinajstić information content (AvgIpc) is 3.49. The Morgan fingerprint density at radius 2 is 1.58 bits per heavy atom. The molecule has 0 spiro atoms. The van der Waals surface area contributed by atoms with Gasteiger partial charge in [-0.1, -0.05) is 12.1 Å². The van der Waals surface area contributed by atoms with Crippen molar-refractivity contribution in [3.05, 3.63) is 88.0 Å². The van der Waals surface area contributed by atoms with Crippen molar-refractivity contribution in [1.82, 2.24) is 24.4 Å². The number of imide groups is 1. The topological polar surface area (TPSA) is 128 Å². The van der Waals surface area contributed by atoms with E-state index in [1.807, 2.05) is 29.2 Å². The second-order valence-corrected chi connectivity index (χ2v) is 13.9. The second-order valence-electron chi connectivity index (χ2n) is 13.9. The second kappa shape index (κ2) is 15.3. The third-order valence-corrected chi connectivity index (χ3v) is 10.6. The van der Waals surface area contributed by atoms with Gasteiger partial charge in [0.05, 0.1) is 23.8 Å². The number of halogens is 3. The first-order chi connectivity index (χ1) is 25.6. The standard InChI is InChI=1S/C38H41F3N8O4/c39-38(40,41)32-23-29(6-3-28(32)25-42)46-15-11-27(12-16-46)26-4-7-31(8-5-26)53-22-2-1-14-45-18-20-47(21-19-45)30-13-17-48-34(24-30)44-49(37(48)52)33-9-10-35(50)43-36(33)51/h3-8,13,17,23-24,27,33H,1-2,9-12,14-16,18-22H2,(H,43,50,51). The van der Waals surface area contributed by atoms with Gasteiger partial charge in [-0.3, -0.25) is 24.2 Å². The van der Waals surface area contributed by atoms with E-state index in [1.165, 1.54) is 20.7 Å². The van der Waals surface area contributed by atoms with Crippen LogP contribution in [0.4, 0.5) is 24.5 Å². The molecule has 1 N–H and O–H groups in total. The van der Waals surface area contributed by atoms with E-state index in [-0.39, 0.29) is 24.3 Å². The Kier molecular flexibility index (Phi) is 10.4. The van der Waals surface area contributed by atoms with Crippen LogP contribution in [0, 0.1) is 11.3 Å². The van der Waals surface area contributed by atoms with Gasteiger partial charge in [0.25, 0.3) is 5.91 Å². The molecule has 3 saturated heterocycles. The lowest BCUT2D eigenvalue weighted by atomic mass is 9.89. The van der Waals surface area contributed by atoms with Gasteiger partial charge in [0.1, 0.15) is 11.8 Å². The zero-order valence-corrected chi connectivity index (χ0v) is 29.2. The lowest BCUT2D eigenvalue weighted by Crippen LogP contribution is -2.46. The summed E-state index contributed by atoms with van der Waals surface area (Å²) in [5.41, 5.74) is 1.47. The molecule has 7 rings (SSSR count). The number of anilines is 2. The van der Waals surface area contributed by atoms with Crippen molar-refractivity contribution >= 4 is 28.8 Å². The molecule has 2 amide bonds. The molecule has 3 aliphatic heterocycles. The molecule has 0 bridgehead atoms. The van der Waals surface area contributed by atoms with Crippen LogP contribution in [0.3, 0.4) is 0 Å². The van der Waals surface area contributed by atoms with Crippen molar-refractivity contribution < 1.29 is 27.5 Å². The minimum absolute atomic E-state index is 0.171. The van der Waals surface area contributed by atoms with Crippen molar-refractivity contribution in [2.24, 2.45) is 0 Å². The Balaban J connectivity index is 0.815. The summed E-state index contributed by atoms with van der Waals surface area (Å²) in [6.45, 7) is 6.36.